The van der Waals surface area contributed by atoms with Gasteiger partial charge in [-0.3, -0.25) is 0 Å². The maximum atomic E-state index is 5.77. The number of nitrogens with two attached hydrogens (primary N) is 1. The van der Waals surface area contributed by atoms with Gasteiger partial charge < -0.3 is 10.5 Å². The van der Waals surface area contributed by atoms with Crippen LogP contribution in [0.4, 0.5) is 5.95 Å². The SMILES string of the molecule is Cc1cc2c(OCCc3cccs3)nc(N)nc2s1. The monoisotopic (exact) mass is 291 g/mol. The summed E-state index contributed by atoms with van der Waals surface area (Å²) in [6, 6.07) is 6.19. The molecule has 3 aromatic rings. The fourth-order valence-electron chi connectivity index (χ4n) is 1.84. The Labute approximate surface area is 118 Å². The van der Waals surface area contributed by atoms with Crippen molar-refractivity contribution in [2.75, 3.05) is 12.3 Å². The van der Waals surface area contributed by atoms with Gasteiger partial charge in [0, 0.05) is 16.2 Å². The van der Waals surface area contributed by atoms with E-state index in [4.69, 9.17) is 10.5 Å². The first-order valence-electron chi connectivity index (χ1n) is 5.91. The largest absolute Gasteiger partial charge is 0.477 e. The van der Waals surface area contributed by atoms with Crippen molar-refractivity contribution in [3.8, 4) is 5.88 Å². The zero-order valence-corrected chi connectivity index (χ0v) is 12.1. The Morgan fingerprint density at radius 3 is 3.05 bits per heavy atom. The van der Waals surface area contributed by atoms with E-state index in [0.29, 0.717) is 12.5 Å². The molecule has 0 bridgehead atoms. The molecule has 0 fully saturated rings. The minimum Gasteiger partial charge on any atom is -0.477 e. The Morgan fingerprint density at radius 1 is 1.37 bits per heavy atom. The predicted molar refractivity (Wildman–Crippen MR) is 80.1 cm³/mol. The van der Waals surface area contributed by atoms with E-state index in [1.54, 1.807) is 22.7 Å². The van der Waals surface area contributed by atoms with Crippen molar-refractivity contribution in [1.82, 2.24) is 9.97 Å². The molecule has 0 atom stereocenters. The van der Waals surface area contributed by atoms with Crippen LogP contribution in [0.2, 0.25) is 0 Å². The Kier molecular flexibility index (Phi) is 3.35. The van der Waals surface area contributed by atoms with E-state index >= 15 is 0 Å². The lowest BCUT2D eigenvalue weighted by Crippen LogP contribution is -2.04. The Hall–Kier alpha value is -1.66. The topological polar surface area (TPSA) is 61.0 Å². The summed E-state index contributed by atoms with van der Waals surface area (Å²) < 4.78 is 5.77. The van der Waals surface area contributed by atoms with Crippen LogP contribution in [-0.2, 0) is 6.42 Å². The summed E-state index contributed by atoms with van der Waals surface area (Å²) in [6.45, 7) is 2.64. The van der Waals surface area contributed by atoms with E-state index in [2.05, 4.69) is 21.4 Å². The number of ether oxygens (including phenoxy) is 1. The first-order valence-corrected chi connectivity index (χ1v) is 7.61. The van der Waals surface area contributed by atoms with E-state index in [9.17, 15) is 0 Å². The molecule has 0 saturated heterocycles. The highest BCUT2D eigenvalue weighted by Gasteiger charge is 2.10. The molecule has 0 aliphatic carbocycles. The highest BCUT2D eigenvalue weighted by Crippen LogP contribution is 2.30. The summed E-state index contributed by atoms with van der Waals surface area (Å²) in [5.41, 5.74) is 5.71. The number of thiophene rings is 2. The standard InChI is InChI=1S/C13H13N3OS2/c1-8-7-10-11(15-13(14)16-12(10)19-8)17-5-4-9-3-2-6-18-9/h2-3,6-7H,4-5H2,1H3,(H2,14,15,16). The van der Waals surface area contributed by atoms with Crippen molar-refractivity contribution in [3.63, 3.8) is 0 Å². The van der Waals surface area contributed by atoms with Gasteiger partial charge in [-0.15, -0.1) is 22.7 Å². The third-order valence-corrected chi connectivity index (χ3v) is 4.55. The molecule has 0 radical (unpaired) electrons. The normalized spacial score (nSPS) is 11.0. The molecular formula is C13H13N3OS2. The molecule has 19 heavy (non-hydrogen) atoms. The number of nitrogens with zero attached hydrogens (tertiary/aromatic N) is 2. The van der Waals surface area contributed by atoms with Gasteiger partial charge in [-0.2, -0.15) is 4.98 Å². The van der Waals surface area contributed by atoms with Crippen molar-refractivity contribution in [2.45, 2.75) is 13.3 Å². The molecule has 0 saturated carbocycles. The smallest absolute Gasteiger partial charge is 0.227 e. The molecule has 0 aliphatic rings. The van der Waals surface area contributed by atoms with Crippen molar-refractivity contribution in [2.24, 2.45) is 0 Å². The zero-order chi connectivity index (χ0) is 13.2. The quantitative estimate of drug-likeness (QED) is 0.801. The molecule has 6 heteroatoms. The molecule has 3 aromatic heterocycles. The van der Waals surface area contributed by atoms with Crippen molar-refractivity contribution < 1.29 is 4.74 Å². The van der Waals surface area contributed by atoms with Gasteiger partial charge in [0.2, 0.25) is 11.8 Å². The van der Waals surface area contributed by atoms with E-state index in [0.717, 1.165) is 16.6 Å². The van der Waals surface area contributed by atoms with Crippen molar-refractivity contribution in [1.29, 1.82) is 0 Å². The average molecular weight is 291 g/mol. The third-order valence-electron chi connectivity index (χ3n) is 2.67. The maximum Gasteiger partial charge on any atom is 0.227 e. The first-order chi connectivity index (χ1) is 9.22. The second-order valence-corrected chi connectivity index (χ2v) is 6.41. The van der Waals surface area contributed by atoms with Crippen LogP contribution in [0, 0.1) is 6.92 Å². The average Bonchev–Trinajstić information content (AvgIpc) is 2.97. The van der Waals surface area contributed by atoms with Gasteiger partial charge in [0.15, 0.2) is 0 Å². The van der Waals surface area contributed by atoms with Crippen LogP contribution < -0.4 is 10.5 Å². The molecular weight excluding hydrogens is 278 g/mol. The number of nitrogen functional groups attached to an aromatic ring is 1. The van der Waals surface area contributed by atoms with E-state index in [1.165, 1.54) is 9.75 Å². The molecule has 0 amide bonds. The van der Waals surface area contributed by atoms with E-state index in [1.807, 2.05) is 19.1 Å². The van der Waals surface area contributed by atoms with Gasteiger partial charge in [-0.25, -0.2) is 4.98 Å². The molecule has 3 heterocycles. The number of hydrogen-bond donors (Lipinski definition) is 1. The fourth-order valence-corrected chi connectivity index (χ4v) is 3.41. The minimum atomic E-state index is 0.264. The Bertz CT molecular complexity index is 691. The number of aromatic nitrogens is 2. The second kappa shape index (κ2) is 5.14. The van der Waals surface area contributed by atoms with Crippen LogP contribution in [0.5, 0.6) is 5.88 Å². The van der Waals surface area contributed by atoms with Crippen molar-refractivity contribution >= 4 is 38.8 Å². The van der Waals surface area contributed by atoms with Crippen LogP contribution in [0.25, 0.3) is 10.2 Å². The summed E-state index contributed by atoms with van der Waals surface area (Å²) in [5, 5.41) is 3.02. The third kappa shape index (κ3) is 2.69. The lowest BCUT2D eigenvalue weighted by molar-refractivity contribution is 0.315. The predicted octanol–water partition coefficient (Wildman–Crippen LogP) is 3.26. The summed E-state index contributed by atoms with van der Waals surface area (Å²) in [6.07, 6.45) is 0.881. The van der Waals surface area contributed by atoms with Crippen LogP contribution in [0.3, 0.4) is 0 Å². The summed E-state index contributed by atoms with van der Waals surface area (Å²) >= 11 is 3.34. The number of aryl methyl sites for hydroxylation is 1. The molecule has 4 nitrogen and oxygen atoms in total. The molecule has 98 valence electrons. The van der Waals surface area contributed by atoms with Gasteiger partial charge in [0.05, 0.1) is 12.0 Å². The van der Waals surface area contributed by atoms with Gasteiger partial charge in [-0.1, -0.05) is 6.07 Å². The zero-order valence-electron chi connectivity index (χ0n) is 10.4. The Balaban J connectivity index is 1.79. The van der Waals surface area contributed by atoms with E-state index in [-0.39, 0.29) is 5.95 Å². The van der Waals surface area contributed by atoms with Crippen LogP contribution in [0.15, 0.2) is 23.6 Å². The summed E-state index contributed by atoms with van der Waals surface area (Å²) in [4.78, 5) is 11.8. The minimum absolute atomic E-state index is 0.264. The van der Waals surface area contributed by atoms with Crippen LogP contribution in [-0.4, -0.2) is 16.6 Å². The number of fused-ring (bicyclic) bond motifs is 1. The summed E-state index contributed by atoms with van der Waals surface area (Å²) in [7, 11) is 0. The molecule has 3 rings (SSSR count). The lowest BCUT2D eigenvalue weighted by atomic mass is 10.3. The highest BCUT2D eigenvalue weighted by atomic mass is 32.1. The molecule has 0 spiro atoms. The van der Waals surface area contributed by atoms with E-state index < -0.39 is 0 Å². The number of anilines is 1. The van der Waals surface area contributed by atoms with Crippen LogP contribution in [0.1, 0.15) is 9.75 Å². The van der Waals surface area contributed by atoms with Gasteiger partial charge in [0.25, 0.3) is 0 Å². The first kappa shape index (κ1) is 12.4. The number of rotatable bonds is 4. The highest BCUT2D eigenvalue weighted by molar-refractivity contribution is 7.18. The number of hydrogen-bond acceptors (Lipinski definition) is 6. The second-order valence-electron chi connectivity index (χ2n) is 4.14. The van der Waals surface area contributed by atoms with Crippen molar-refractivity contribution in [3.05, 3.63) is 33.3 Å². The maximum absolute atomic E-state index is 5.77. The van der Waals surface area contributed by atoms with Gasteiger partial charge >= 0.3 is 0 Å². The lowest BCUT2D eigenvalue weighted by Gasteiger charge is -2.05. The molecule has 2 N–H and O–H groups in total. The summed E-state index contributed by atoms with van der Waals surface area (Å²) in [5.74, 6) is 0.851. The molecule has 0 unspecified atom stereocenters. The molecule has 0 aromatic carbocycles. The fraction of sp³-hybridized carbons (Fsp3) is 0.231. The van der Waals surface area contributed by atoms with Gasteiger partial charge in [0.1, 0.15) is 4.83 Å². The Morgan fingerprint density at radius 2 is 2.26 bits per heavy atom. The van der Waals surface area contributed by atoms with Gasteiger partial charge in [-0.05, 0) is 24.4 Å². The molecule has 0 aliphatic heterocycles. The van der Waals surface area contributed by atoms with Crippen LogP contribution >= 0.6 is 22.7 Å².